The maximum absolute atomic E-state index is 10.3. The summed E-state index contributed by atoms with van der Waals surface area (Å²) >= 11 is 0. The van der Waals surface area contributed by atoms with E-state index in [1.165, 1.54) is 0 Å². The minimum atomic E-state index is -1.78. The summed E-state index contributed by atoms with van der Waals surface area (Å²) in [5.41, 5.74) is 0. The molecule has 8 heteroatoms. The molecular formula is C12H28O6Si2. The molecule has 6 nitrogen and oxygen atoms in total. The summed E-state index contributed by atoms with van der Waals surface area (Å²) in [6, 6.07) is 1.89. The highest BCUT2D eigenvalue weighted by Gasteiger charge is 2.32. The molecule has 0 saturated heterocycles. The highest BCUT2D eigenvalue weighted by atomic mass is 28.4. The van der Waals surface area contributed by atoms with Crippen LogP contribution in [0.15, 0.2) is 0 Å². The fourth-order valence-corrected chi connectivity index (χ4v) is 11.0. The molecule has 0 rings (SSSR count). The minimum absolute atomic E-state index is 0.230. The first-order valence-corrected chi connectivity index (χ1v) is 13.2. The molecule has 2 N–H and O–H groups in total. The van der Waals surface area contributed by atoms with Gasteiger partial charge in [0.05, 0.1) is 6.61 Å². The van der Waals surface area contributed by atoms with Crippen molar-refractivity contribution in [3.8, 4) is 0 Å². The van der Waals surface area contributed by atoms with Gasteiger partial charge in [-0.25, -0.2) is 4.79 Å². The van der Waals surface area contributed by atoms with Crippen LogP contribution >= 0.6 is 0 Å². The zero-order valence-corrected chi connectivity index (χ0v) is 15.0. The van der Waals surface area contributed by atoms with Crippen LogP contribution in [-0.4, -0.2) is 53.0 Å². The molecule has 0 aliphatic rings. The van der Waals surface area contributed by atoms with Crippen molar-refractivity contribution in [1.29, 1.82) is 0 Å². The quantitative estimate of drug-likeness (QED) is 0.263. The SMILES string of the molecule is C[Si](C)(CCCOCO)O[Si](C)(C)CCCOC(=O)O. The van der Waals surface area contributed by atoms with E-state index in [0.29, 0.717) is 13.0 Å². The fraction of sp³-hybridized carbons (Fsp3) is 0.917. The largest absolute Gasteiger partial charge is 0.505 e. The summed E-state index contributed by atoms with van der Waals surface area (Å²) < 4.78 is 15.8. The topological polar surface area (TPSA) is 85.2 Å². The Balaban J connectivity index is 3.98. The van der Waals surface area contributed by atoms with Crippen molar-refractivity contribution in [1.82, 2.24) is 0 Å². The number of carbonyl (C=O) groups is 1. The van der Waals surface area contributed by atoms with Gasteiger partial charge in [-0.05, 0) is 51.1 Å². The first-order valence-electron chi connectivity index (χ1n) is 6.93. The van der Waals surface area contributed by atoms with Crippen molar-refractivity contribution in [2.75, 3.05) is 20.0 Å². The zero-order chi connectivity index (χ0) is 15.6. The smallest absolute Gasteiger partial charge is 0.455 e. The number of aliphatic hydroxyl groups excluding tert-OH is 1. The fourth-order valence-electron chi connectivity index (χ4n) is 2.17. The number of aliphatic hydroxyl groups is 1. The molecular weight excluding hydrogens is 296 g/mol. The number of hydrogen-bond acceptors (Lipinski definition) is 5. The lowest BCUT2D eigenvalue weighted by molar-refractivity contribution is -0.00110. The van der Waals surface area contributed by atoms with E-state index in [4.69, 9.17) is 19.1 Å². The van der Waals surface area contributed by atoms with Crippen LogP contribution in [0.2, 0.25) is 38.3 Å². The second kappa shape index (κ2) is 9.51. The highest BCUT2D eigenvalue weighted by Crippen LogP contribution is 2.23. The van der Waals surface area contributed by atoms with E-state index in [9.17, 15) is 4.79 Å². The number of rotatable bonds is 11. The molecule has 120 valence electrons. The van der Waals surface area contributed by atoms with Gasteiger partial charge < -0.3 is 23.8 Å². The summed E-state index contributed by atoms with van der Waals surface area (Å²) in [7, 11) is -3.51. The third-order valence-corrected chi connectivity index (χ3v) is 10.4. The van der Waals surface area contributed by atoms with Crippen LogP contribution in [0, 0.1) is 0 Å². The second-order valence-corrected chi connectivity index (χ2v) is 14.8. The Kier molecular flexibility index (Phi) is 9.31. The number of hydrogen-bond donors (Lipinski definition) is 2. The highest BCUT2D eigenvalue weighted by molar-refractivity contribution is 6.84. The molecule has 0 heterocycles. The lowest BCUT2D eigenvalue weighted by atomic mass is 10.5. The van der Waals surface area contributed by atoms with Gasteiger partial charge in [0.1, 0.15) is 6.79 Å². The molecule has 20 heavy (non-hydrogen) atoms. The van der Waals surface area contributed by atoms with Crippen molar-refractivity contribution in [2.24, 2.45) is 0 Å². The van der Waals surface area contributed by atoms with Crippen LogP contribution in [-0.2, 0) is 13.6 Å². The predicted octanol–water partition coefficient (Wildman–Crippen LogP) is 2.85. The van der Waals surface area contributed by atoms with Crippen molar-refractivity contribution in [3.05, 3.63) is 0 Å². The summed E-state index contributed by atoms with van der Waals surface area (Å²) in [5.74, 6) is 0. The third-order valence-electron chi connectivity index (χ3n) is 2.86. The Labute approximate surface area is 123 Å². The van der Waals surface area contributed by atoms with E-state index in [1.807, 2.05) is 0 Å². The average molecular weight is 325 g/mol. The van der Waals surface area contributed by atoms with Crippen LogP contribution in [0.25, 0.3) is 0 Å². The molecule has 0 unspecified atom stereocenters. The van der Waals surface area contributed by atoms with E-state index in [1.54, 1.807) is 0 Å². The van der Waals surface area contributed by atoms with Gasteiger partial charge in [-0.2, -0.15) is 0 Å². The maximum Gasteiger partial charge on any atom is 0.505 e. The average Bonchev–Trinajstić information content (AvgIpc) is 2.29. The lowest BCUT2D eigenvalue weighted by Crippen LogP contribution is -2.44. The molecule has 0 fully saturated rings. The third kappa shape index (κ3) is 11.4. The molecule has 0 aromatic carbocycles. The Morgan fingerprint density at radius 2 is 1.50 bits per heavy atom. The van der Waals surface area contributed by atoms with Crippen molar-refractivity contribution in [2.45, 2.75) is 51.1 Å². The van der Waals surface area contributed by atoms with E-state index >= 15 is 0 Å². The first-order chi connectivity index (χ1) is 9.18. The second-order valence-electron chi connectivity index (χ2n) is 5.98. The van der Waals surface area contributed by atoms with Gasteiger partial charge in [-0.15, -0.1) is 0 Å². The molecule has 0 amide bonds. The Morgan fingerprint density at radius 3 is 1.95 bits per heavy atom. The van der Waals surface area contributed by atoms with E-state index in [0.717, 1.165) is 18.5 Å². The van der Waals surface area contributed by atoms with Gasteiger partial charge in [0.25, 0.3) is 0 Å². The van der Waals surface area contributed by atoms with Crippen molar-refractivity contribution >= 4 is 22.8 Å². The molecule has 0 aliphatic heterocycles. The molecule has 0 aliphatic carbocycles. The van der Waals surface area contributed by atoms with Crippen LogP contribution in [0.4, 0.5) is 4.79 Å². The Hall–Kier alpha value is -0.416. The van der Waals surface area contributed by atoms with Crippen molar-refractivity contribution in [3.63, 3.8) is 0 Å². The van der Waals surface area contributed by atoms with Crippen LogP contribution in [0.5, 0.6) is 0 Å². The molecule has 0 radical (unpaired) electrons. The summed E-state index contributed by atoms with van der Waals surface area (Å²) in [6.07, 6.45) is 0.389. The van der Waals surface area contributed by atoms with E-state index in [-0.39, 0.29) is 13.4 Å². The summed E-state index contributed by atoms with van der Waals surface area (Å²) in [4.78, 5) is 10.3. The van der Waals surface area contributed by atoms with Gasteiger partial charge in [-0.3, -0.25) is 0 Å². The standard InChI is InChI=1S/C12H28O6Si2/c1-19(2,9-5-7-16-11-13)18-20(3,4)10-6-8-17-12(14)15/h13H,5-11H2,1-4H3,(H,14,15). The molecule has 0 aromatic heterocycles. The zero-order valence-electron chi connectivity index (χ0n) is 13.0. The van der Waals surface area contributed by atoms with Gasteiger partial charge in [-0.1, -0.05) is 0 Å². The summed E-state index contributed by atoms with van der Waals surface area (Å²) in [6.45, 7) is 9.27. The van der Waals surface area contributed by atoms with Gasteiger partial charge in [0, 0.05) is 6.61 Å². The minimum Gasteiger partial charge on any atom is -0.455 e. The normalized spacial score (nSPS) is 12.4. The van der Waals surface area contributed by atoms with Gasteiger partial charge in [0.15, 0.2) is 16.6 Å². The molecule has 0 aromatic rings. The number of carboxylic acid groups (broad SMARTS) is 1. The van der Waals surface area contributed by atoms with Gasteiger partial charge >= 0.3 is 6.16 Å². The number of ether oxygens (including phenoxy) is 2. The van der Waals surface area contributed by atoms with E-state index in [2.05, 4.69) is 30.9 Å². The predicted molar refractivity (Wildman–Crippen MR) is 81.9 cm³/mol. The Morgan fingerprint density at radius 1 is 1.00 bits per heavy atom. The molecule has 0 saturated carbocycles. The molecule has 0 spiro atoms. The maximum atomic E-state index is 10.3. The van der Waals surface area contributed by atoms with Crippen LogP contribution in [0.3, 0.4) is 0 Å². The molecule has 0 bridgehead atoms. The lowest BCUT2D eigenvalue weighted by Gasteiger charge is -2.34. The molecule has 0 atom stereocenters. The Bertz CT molecular complexity index is 283. The van der Waals surface area contributed by atoms with Crippen molar-refractivity contribution < 1.29 is 28.6 Å². The van der Waals surface area contributed by atoms with Gasteiger partial charge in [0.2, 0.25) is 0 Å². The monoisotopic (exact) mass is 324 g/mol. The van der Waals surface area contributed by atoms with E-state index < -0.39 is 22.8 Å². The van der Waals surface area contributed by atoms with Crippen LogP contribution < -0.4 is 0 Å². The first kappa shape index (κ1) is 19.6. The summed E-state index contributed by atoms with van der Waals surface area (Å²) in [5, 5.41) is 17.0. The van der Waals surface area contributed by atoms with Crippen LogP contribution in [0.1, 0.15) is 12.8 Å².